The zero-order valence-corrected chi connectivity index (χ0v) is 11.4. The molecule has 20 heavy (non-hydrogen) atoms. The molecule has 1 aliphatic heterocycles. The number of hydrogen-bond donors (Lipinski definition) is 3. The van der Waals surface area contributed by atoms with Crippen LogP contribution in [0.15, 0.2) is 24.3 Å². The van der Waals surface area contributed by atoms with E-state index in [1.54, 1.807) is 13.8 Å². The number of nitrogens with one attached hydrogen (secondary N) is 2. The predicted octanol–water partition coefficient (Wildman–Crippen LogP) is 1.53. The number of carboxylic acid groups (broad SMARTS) is 1. The van der Waals surface area contributed by atoms with Gasteiger partial charge in [-0.1, -0.05) is 32.0 Å². The summed E-state index contributed by atoms with van der Waals surface area (Å²) in [5.74, 6) is -0.486. The van der Waals surface area contributed by atoms with Crippen LogP contribution in [0.5, 0.6) is 5.75 Å². The zero-order chi connectivity index (χ0) is 14.7. The maximum atomic E-state index is 11.9. The van der Waals surface area contributed by atoms with Crippen LogP contribution in [0.4, 0.5) is 4.79 Å². The van der Waals surface area contributed by atoms with E-state index < -0.39 is 18.0 Å². The molecule has 3 N–H and O–H groups in total. The number of ether oxygens (including phenoxy) is 1. The number of hydrogen-bond acceptors (Lipinski definition) is 3. The number of amides is 2. The molecule has 1 aromatic rings. The first kappa shape index (κ1) is 14.2. The van der Waals surface area contributed by atoms with Gasteiger partial charge < -0.3 is 20.5 Å². The molecule has 0 spiro atoms. The Labute approximate surface area is 117 Å². The predicted molar refractivity (Wildman–Crippen MR) is 72.6 cm³/mol. The summed E-state index contributed by atoms with van der Waals surface area (Å²) in [5.41, 5.74) is 0.902. The molecule has 1 aliphatic rings. The Kier molecular flexibility index (Phi) is 4.12. The fraction of sp³-hybridized carbons (Fsp3) is 0.429. The van der Waals surface area contributed by atoms with Gasteiger partial charge in [-0.25, -0.2) is 9.59 Å². The molecular weight excluding hydrogens is 260 g/mol. The van der Waals surface area contributed by atoms with Crippen molar-refractivity contribution in [3.8, 4) is 5.75 Å². The standard InChI is InChI=1S/C14H18N2O4/c1-8(2)12(13(17)18)16-14(19)15-10-7-20-11-6-4-3-5-9(10)11/h3-6,8,10,12H,7H2,1-2H3,(H,17,18)(H2,15,16,19). The summed E-state index contributed by atoms with van der Waals surface area (Å²) in [4.78, 5) is 22.9. The second-order valence-corrected chi connectivity index (χ2v) is 5.08. The molecule has 2 unspecified atom stereocenters. The highest BCUT2D eigenvalue weighted by Gasteiger charge is 2.28. The van der Waals surface area contributed by atoms with Gasteiger partial charge in [0.1, 0.15) is 18.4 Å². The van der Waals surface area contributed by atoms with Gasteiger partial charge in [-0.05, 0) is 12.0 Å². The second-order valence-electron chi connectivity index (χ2n) is 5.08. The van der Waals surface area contributed by atoms with Gasteiger partial charge >= 0.3 is 12.0 Å². The highest BCUT2D eigenvalue weighted by atomic mass is 16.5. The van der Waals surface area contributed by atoms with Crippen molar-refractivity contribution in [3.05, 3.63) is 29.8 Å². The first-order chi connectivity index (χ1) is 9.49. The van der Waals surface area contributed by atoms with Gasteiger partial charge in [0.15, 0.2) is 0 Å². The minimum atomic E-state index is -1.04. The van der Waals surface area contributed by atoms with Crippen LogP contribution in [0, 0.1) is 5.92 Å². The number of para-hydroxylation sites is 1. The summed E-state index contributed by atoms with van der Waals surface area (Å²) in [5, 5.41) is 14.2. The SMILES string of the molecule is CC(C)C(NC(=O)NC1COc2ccccc21)C(=O)O. The lowest BCUT2D eigenvalue weighted by Gasteiger charge is -2.20. The topological polar surface area (TPSA) is 87.7 Å². The fourth-order valence-electron chi connectivity index (χ4n) is 2.14. The Balaban J connectivity index is 1.98. The van der Waals surface area contributed by atoms with Crippen LogP contribution >= 0.6 is 0 Å². The average molecular weight is 278 g/mol. The third-order valence-electron chi connectivity index (χ3n) is 3.22. The molecule has 6 nitrogen and oxygen atoms in total. The van der Waals surface area contributed by atoms with Crippen LogP contribution in [0.1, 0.15) is 25.5 Å². The normalized spacial score (nSPS) is 18.1. The Morgan fingerprint density at radius 3 is 2.70 bits per heavy atom. The van der Waals surface area contributed by atoms with E-state index >= 15 is 0 Å². The lowest BCUT2D eigenvalue weighted by atomic mass is 10.1. The minimum absolute atomic E-state index is 0.189. The quantitative estimate of drug-likeness (QED) is 0.779. The number of carbonyl (C=O) groups excluding carboxylic acids is 1. The molecule has 6 heteroatoms. The monoisotopic (exact) mass is 278 g/mol. The zero-order valence-electron chi connectivity index (χ0n) is 11.4. The van der Waals surface area contributed by atoms with Crippen molar-refractivity contribution in [3.63, 3.8) is 0 Å². The highest BCUT2D eigenvalue weighted by Crippen LogP contribution is 2.31. The largest absolute Gasteiger partial charge is 0.491 e. The highest BCUT2D eigenvalue weighted by molar-refractivity contribution is 5.83. The molecule has 2 amide bonds. The molecule has 108 valence electrons. The van der Waals surface area contributed by atoms with Gasteiger partial charge in [0, 0.05) is 5.56 Å². The van der Waals surface area contributed by atoms with E-state index in [-0.39, 0.29) is 12.0 Å². The van der Waals surface area contributed by atoms with Gasteiger partial charge in [-0.15, -0.1) is 0 Å². The number of rotatable bonds is 4. The Hall–Kier alpha value is -2.24. The van der Waals surface area contributed by atoms with Gasteiger partial charge in [0.25, 0.3) is 0 Å². The lowest BCUT2D eigenvalue weighted by molar-refractivity contribution is -0.140. The summed E-state index contributed by atoms with van der Waals surface area (Å²) in [6.07, 6.45) is 0. The maximum Gasteiger partial charge on any atom is 0.326 e. The second kappa shape index (κ2) is 5.81. The minimum Gasteiger partial charge on any atom is -0.491 e. The van der Waals surface area contributed by atoms with Crippen molar-refractivity contribution >= 4 is 12.0 Å². The van der Waals surface area contributed by atoms with E-state index in [9.17, 15) is 9.59 Å². The average Bonchev–Trinajstić information content (AvgIpc) is 2.79. The van der Waals surface area contributed by atoms with E-state index in [0.29, 0.717) is 6.61 Å². The molecule has 0 radical (unpaired) electrons. The van der Waals surface area contributed by atoms with E-state index in [1.165, 1.54) is 0 Å². The molecular formula is C14H18N2O4. The van der Waals surface area contributed by atoms with Crippen LogP contribution in [0.2, 0.25) is 0 Å². The number of benzene rings is 1. The Morgan fingerprint density at radius 1 is 1.35 bits per heavy atom. The van der Waals surface area contributed by atoms with Crippen molar-refractivity contribution < 1.29 is 19.4 Å². The molecule has 0 aromatic heterocycles. The van der Waals surface area contributed by atoms with Gasteiger partial charge in [-0.2, -0.15) is 0 Å². The first-order valence-electron chi connectivity index (χ1n) is 6.50. The summed E-state index contributed by atoms with van der Waals surface area (Å²) >= 11 is 0. The lowest BCUT2D eigenvalue weighted by Crippen LogP contribution is -2.49. The molecule has 0 saturated heterocycles. The Morgan fingerprint density at radius 2 is 2.05 bits per heavy atom. The van der Waals surface area contributed by atoms with Crippen LogP contribution in [-0.2, 0) is 4.79 Å². The van der Waals surface area contributed by atoms with Crippen molar-refractivity contribution in [2.24, 2.45) is 5.92 Å². The molecule has 1 heterocycles. The summed E-state index contributed by atoms with van der Waals surface area (Å²) in [6, 6.07) is 5.78. The molecule has 2 atom stereocenters. The smallest absolute Gasteiger partial charge is 0.326 e. The van der Waals surface area contributed by atoms with Crippen LogP contribution in [0.25, 0.3) is 0 Å². The van der Waals surface area contributed by atoms with E-state index in [2.05, 4.69) is 10.6 Å². The van der Waals surface area contributed by atoms with Crippen molar-refractivity contribution in [1.82, 2.24) is 10.6 Å². The van der Waals surface area contributed by atoms with Crippen molar-refractivity contribution in [1.29, 1.82) is 0 Å². The molecule has 0 bridgehead atoms. The summed E-state index contributed by atoms with van der Waals surface area (Å²) < 4.78 is 5.45. The van der Waals surface area contributed by atoms with E-state index in [0.717, 1.165) is 11.3 Å². The van der Waals surface area contributed by atoms with E-state index in [1.807, 2.05) is 24.3 Å². The molecule has 0 saturated carbocycles. The van der Waals surface area contributed by atoms with Crippen LogP contribution < -0.4 is 15.4 Å². The summed E-state index contributed by atoms with van der Waals surface area (Å²) in [7, 11) is 0. The first-order valence-corrected chi connectivity index (χ1v) is 6.50. The number of urea groups is 1. The third kappa shape index (κ3) is 3.01. The van der Waals surface area contributed by atoms with Gasteiger partial charge in [0.2, 0.25) is 0 Å². The van der Waals surface area contributed by atoms with Crippen molar-refractivity contribution in [2.75, 3.05) is 6.61 Å². The fourth-order valence-corrected chi connectivity index (χ4v) is 2.14. The molecule has 0 aliphatic carbocycles. The Bertz CT molecular complexity index is 516. The number of aliphatic carboxylic acids is 1. The molecule has 2 rings (SSSR count). The number of fused-ring (bicyclic) bond motifs is 1. The van der Waals surface area contributed by atoms with Gasteiger partial charge in [-0.3, -0.25) is 0 Å². The van der Waals surface area contributed by atoms with Crippen molar-refractivity contribution in [2.45, 2.75) is 25.9 Å². The number of carbonyl (C=O) groups is 2. The van der Waals surface area contributed by atoms with E-state index in [4.69, 9.17) is 9.84 Å². The molecule has 1 aromatic carbocycles. The molecule has 0 fully saturated rings. The third-order valence-corrected chi connectivity index (χ3v) is 3.22. The van der Waals surface area contributed by atoms with Crippen LogP contribution in [-0.4, -0.2) is 29.8 Å². The summed E-state index contributed by atoms with van der Waals surface area (Å²) in [6.45, 7) is 3.84. The van der Waals surface area contributed by atoms with Gasteiger partial charge in [0.05, 0.1) is 6.04 Å². The van der Waals surface area contributed by atoms with Crippen LogP contribution in [0.3, 0.4) is 0 Å². The maximum absolute atomic E-state index is 11.9. The number of carboxylic acids is 1.